The maximum Gasteiger partial charge on any atom is 0.313 e. The standard InChI is InChI=1S/C9H11N3O2/c1-5-3-6(2)11-4-7(5)12-9(14)8(10)13/h3-4H,1-2H3,(H2,10,13)(H,12,14). The maximum absolute atomic E-state index is 10.9. The summed E-state index contributed by atoms with van der Waals surface area (Å²) >= 11 is 0. The van der Waals surface area contributed by atoms with Crippen LogP contribution in [-0.2, 0) is 9.59 Å². The molecule has 14 heavy (non-hydrogen) atoms. The summed E-state index contributed by atoms with van der Waals surface area (Å²) in [6.07, 6.45) is 1.49. The van der Waals surface area contributed by atoms with Gasteiger partial charge in [-0.25, -0.2) is 0 Å². The van der Waals surface area contributed by atoms with Crippen molar-refractivity contribution in [2.45, 2.75) is 13.8 Å². The first kappa shape index (κ1) is 10.2. The first-order valence-corrected chi connectivity index (χ1v) is 4.04. The number of anilines is 1. The normalized spacial score (nSPS) is 9.57. The quantitative estimate of drug-likeness (QED) is 0.621. The number of carbonyl (C=O) groups excluding carboxylic acids is 2. The fourth-order valence-corrected chi connectivity index (χ4v) is 1.01. The maximum atomic E-state index is 10.9. The molecule has 0 bridgehead atoms. The van der Waals surface area contributed by atoms with Gasteiger partial charge in [0.05, 0.1) is 11.9 Å². The monoisotopic (exact) mass is 193 g/mol. The second-order valence-electron chi connectivity index (χ2n) is 2.96. The first-order valence-electron chi connectivity index (χ1n) is 4.04. The third-order valence-electron chi connectivity index (χ3n) is 1.72. The Morgan fingerprint density at radius 3 is 2.57 bits per heavy atom. The van der Waals surface area contributed by atoms with E-state index in [1.54, 1.807) is 6.07 Å². The molecule has 0 saturated carbocycles. The Morgan fingerprint density at radius 1 is 1.43 bits per heavy atom. The minimum absolute atomic E-state index is 0.499. The second-order valence-corrected chi connectivity index (χ2v) is 2.96. The Morgan fingerprint density at radius 2 is 2.07 bits per heavy atom. The van der Waals surface area contributed by atoms with Crippen molar-refractivity contribution < 1.29 is 9.59 Å². The van der Waals surface area contributed by atoms with Gasteiger partial charge >= 0.3 is 11.8 Å². The molecule has 0 spiro atoms. The summed E-state index contributed by atoms with van der Waals surface area (Å²) in [5.74, 6) is -1.84. The zero-order valence-electron chi connectivity index (χ0n) is 8.00. The summed E-state index contributed by atoms with van der Waals surface area (Å²) in [6, 6.07) is 1.80. The number of nitrogens with zero attached hydrogens (tertiary/aromatic N) is 1. The average molecular weight is 193 g/mol. The number of primary amides is 1. The van der Waals surface area contributed by atoms with E-state index in [2.05, 4.69) is 10.3 Å². The van der Waals surface area contributed by atoms with Gasteiger partial charge in [0.1, 0.15) is 0 Å². The third-order valence-corrected chi connectivity index (χ3v) is 1.72. The zero-order valence-corrected chi connectivity index (χ0v) is 8.00. The molecule has 0 aromatic carbocycles. The van der Waals surface area contributed by atoms with E-state index in [1.165, 1.54) is 6.20 Å². The Labute approximate surface area is 81.3 Å². The van der Waals surface area contributed by atoms with Crippen LogP contribution in [0.5, 0.6) is 0 Å². The van der Waals surface area contributed by atoms with E-state index < -0.39 is 11.8 Å². The fraction of sp³-hybridized carbons (Fsp3) is 0.222. The van der Waals surface area contributed by atoms with Crippen LogP contribution in [0.3, 0.4) is 0 Å². The number of hydrogen-bond donors (Lipinski definition) is 2. The molecule has 1 aromatic heterocycles. The van der Waals surface area contributed by atoms with Gasteiger partial charge in [-0.1, -0.05) is 0 Å². The number of pyridine rings is 1. The van der Waals surface area contributed by atoms with E-state index in [4.69, 9.17) is 5.73 Å². The first-order chi connectivity index (χ1) is 6.50. The van der Waals surface area contributed by atoms with Gasteiger partial charge in [-0.2, -0.15) is 0 Å². The number of nitrogens with one attached hydrogen (secondary N) is 1. The third kappa shape index (κ3) is 2.29. The van der Waals surface area contributed by atoms with E-state index in [-0.39, 0.29) is 0 Å². The Balaban J connectivity index is 2.87. The van der Waals surface area contributed by atoms with E-state index >= 15 is 0 Å². The van der Waals surface area contributed by atoms with Crippen LogP contribution < -0.4 is 11.1 Å². The minimum Gasteiger partial charge on any atom is -0.361 e. The van der Waals surface area contributed by atoms with Crippen molar-refractivity contribution in [2.75, 3.05) is 5.32 Å². The van der Waals surface area contributed by atoms with E-state index in [0.29, 0.717) is 5.69 Å². The number of nitrogens with two attached hydrogens (primary N) is 1. The van der Waals surface area contributed by atoms with E-state index in [9.17, 15) is 9.59 Å². The Hall–Kier alpha value is -1.91. The summed E-state index contributed by atoms with van der Waals surface area (Å²) in [5.41, 5.74) is 6.98. The SMILES string of the molecule is Cc1cc(C)c(NC(=O)C(N)=O)cn1. The number of hydrogen-bond acceptors (Lipinski definition) is 3. The number of rotatable bonds is 1. The number of aromatic nitrogens is 1. The van der Waals surface area contributed by atoms with E-state index in [0.717, 1.165) is 11.3 Å². The second kappa shape index (κ2) is 3.87. The van der Waals surface area contributed by atoms with Gasteiger partial charge in [0.15, 0.2) is 0 Å². The molecule has 0 aliphatic heterocycles. The molecule has 0 fully saturated rings. The molecule has 5 nitrogen and oxygen atoms in total. The topological polar surface area (TPSA) is 85.1 Å². The van der Waals surface area contributed by atoms with Crippen LogP contribution in [0.25, 0.3) is 0 Å². The van der Waals surface area contributed by atoms with Crippen molar-refractivity contribution in [1.29, 1.82) is 0 Å². The molecule has 0 saturated heterocycles. The molecule has 2 amide bonds. The highest BCUT2D eigenvalue weighted by molar-refractivity contribution is 6.39. The highest BCUT2D eigenvalue weighted by Crippen LogP contribution is 2.13. The number of amides is 2. The van der Waals surface area contributed by atoms with Gasteiger partial charge < -0.3 is 11.1 Å². The molecule has 1 aromatic rings. The summed E-state index contributed by atoms with van der Waals surface area (Å²) in [6.45, 7) is 3.65. The number of aryl methyl sites for hydroxylation is 2. The molecule has 0 radical (unpaired) electrons. The lowest BCUT2D eigenvalue weighted by molar-refractivity contribution is -0.134. The summed E-state index contributed by atoms with van der Waals surface area (Å²) in [5, 5.41) is 2.36. The Kier molecular flexibility index (Phi) is 2.81. The van der Waals surface area contributed by atoms with Gasteiger partial charge in [0.2, 0.25) is 0 Å². The number of carbonyl (C=O) groups is 2. The van der Waals surface area contributed by atoms with Gasteiger partial charge in [0, 0.05) is 5.69 Å². The Bertz CT molecular complexity index is 388. The molecule has 0 atom stereocenters. The predicted molar refractivity (Wildman–Crippen MR) is 51.5 cm³/mol. The molecule has 0 unspecified atom stereocenters. The molecule has 1 heterocycles. The molecular weight excluding hydrogens is 182 g/mol. The minimum atomic E-state index is -1.01. The highest BCUT2D eigenvalue weighted by Gasteiger charge is 2.10. The van der Waals surface area contributed by atoms with Crippen LogP contribution in [0.15, 0.2) is 12.3 Å². The average Bonchev–Trinajstić information content (AvgIpc) is 2.09. The van der Waals surface area contributed by atoms with Gasteiger partial charge in [-0.05, 0) is 25.5 Å². The van der Waals surface area contributed by atoms with Gasteiger partial charge in [-0.3, -0.25) is 14.6 Å². The van der Waals surface area contributed by atoms with Crippen molar-refractivity contribution in [3.63, 3.8) is 0 Å². The van der Waals surface area contributed by atoms with Crippen molar-refractivity contribution in [1.82, 2.24) is 4.98 Å². The van der Waals surface area contributed by atoms with Gasteiger partial charge in [0.25, 0.3) is 0 Å². The van der Waals surface area contributed by atoms with Crippen LogP contribution in [0.1, 0.15) is 11.3 Å². The van der Waals surface area contributed by atoms with Crippen molar-refractivity contribution >= 4 is 17.5 Å². The lowest BCUT2D eigenvalue weighted by Crippen LogP contribution is -2.29. The van der Waals surface area contributed by atoms with E-state index in [1.807, 2.05) is 13.8 Å². The largest absolute Gasteiger partial charge is 0.361 e. The van der Waals surface area contributed by atoms with Crippen molar-refractivity contribution in [3.05, 3.63) is 23.5 Å². The van der Waals surface area contributed by atoms with Crippen LogP contribution in [0.4, 0.5) is 5.69 Å². The molecule has 1 rings (SSSR count). The lowest BCUT2D eigenvalue weighted by atomic mass is 10.2. The van der Waals surface area contributed by atoms with Gasteiger partial charge in [-0.15, -0.1) is 0 Å². The van der Waals surface area contributed by atoms with Crippen LogP contribution >= 0.6 is 0 Å². The summed E-state index contributed by atoms with van der Waals surface area (Å²) in [4.78, 5) is 25.4. The molecule has 0 aliphatic rings. The zero-order chi connectivity index (χ0) is 10.7. The summed E-state index contributed by atoms with van der Waals surface area (Å²) < 4.78 is 0. The summed E-state index contributed by atoms with van der Waals surface area (Å²) in [7, 11) is 0. The molecule has 0 aliphatic carbocycles. The fourth-order valence-electron chi connectivity index (χ4n) is 1.01. The van der Waals surface area contributed by atoms with Crippen LogP contribution in [0.2, 0.25) is 0 Å². The van der Waals surface area contributed by atoms with Crippen LogP contribution in [-0.4, -0.2) is 16.8 Å². The van der Waals surface area contributed by atoms with Crippen molar-refractivity contribution in [2.24, 2.45) is 5.73 Å². The molecule has 5 heteroatoms. The molecule has 74 valence electrons. The smallest absolute Gasteiger partial charge is 0.313 e. The lowest BCUT2D eigenvalue weighted by Gasteiger charge is -2.05. The van der Waals surface area contributed by atoms with Crippen molar-refractivity contribution in [3.8, 4) is 0 Å². The molecular formula is C9H11N3O2. The molecule has 3 N–H and O–H groups in total. The highest BCUT2D eigenvalue weighted by atomic mass is 16.2. The van der Waals surface area contributed by atoms with Crippen LogP contribution in [0, 0.1) is 13.8 Å². The predicted octanol–water partition coefficient (Wildman–Crippen LogP) is 0.122.